The van der Waals surface area contributed by atoms with Crippen molar-refractivity contribution in [1.82, 2.24) is 19.1 Å². The van der Waals surface area contributed by atoms with E-state index in [4.69, 9.17) is 16.3 Å². The van der Waals surface area contributed by atoms with E-state index in [9.17, 15) is 41.0 Å². The molecule has 0 spiro atoms. The van der Waals surface area contributed by atoms with Gasteiger partial charge in [-0.05, 0) is 42.8 Å². The smallest absolute Gasteiger partial charge is 0.482 e. The molecule has 0 amide bonds. The molecule has 2 N–H and O–H groups in total. The lowest BCUT2D eigenvalue weighted by atomic mass is 10.1. The summed E-state index contributed by atoms with van der Waals surface area (Å²) in [5.41, 5.74) is -2.63. The summed E-state index contributed by atoms with van der Waals surface area (Å²) >= 11 is 5.87. The number of H-pyrrole nitrogens is 1. The molecule has 0 radical (unpaired) electrons. The summed E-state index contributed by atoms with van der Waals surface area (Å²) in [4.78, 5) is 30.7. The minimum absolute atomic E-state index is 0.0563. The van der Waals surface area contributed by atoms with Crippen molar-refractivity contribution in [1.29, 1.82) is 0 Å². The largest absolute Gasteiger partial charge is 0.573 e. The minimum Gasteiger partial charge on any atom is -0.482 e. The van der Waals surface area contributed by atoms with Crippen LogP contribution in [0.3, 0.4) is 0 Å². The maximum absolute atomic E-state index is 13.3. The molecule has 0 saturated heterocycles. The van der Waals surface area contributed by atoms with Crippen molar-refractivity contribution < 1.29 is 40.9 Å². The zero-order valence-electron chi connectivity index (χ0n) is 20.5. The van der Waals surface area contributed by atoms with Crippen molar-refractivity contribution >= 4 is 22.8 Å². The Bertz CT molecular complexity index is 1660. The van der Waals surface area contributed by atoms with E-state index < -0.39 is 53.9 Å². The Hall–Kier alpha value is -3.98. The van der Waals surface area contributed by atoms with Crippen molar-refractivity contribution in [2.24, 2.45) is 7.05 Å². The Labute approximate surface area is 225 Å². The van der Waals surface area contributed by atoms with E-state index in [0.29, 0.717) is 15.2 Å². The maximum Gasteiger partial charge on any atom is 0.573 e. The number of aliphatic hydroxyl groups is 1. The van der Waals surface area contributed by atoms with Crippen molar-refractivity contribution in [3.8, 4) is 22.9 Å². The summed E-state index contributed by atoms with van der Waals surface area (Å²) in [6.45, 7) is 0.296. The van der Waals surface area contributed by atoms with Gasteiger partial charge in [0.25, 0.3) is 5.56 Å². The van der Waals surface area contributed by atoms with Gasteiger partial charge < -0.3 is 19.1 Å². The van der Waals surface area contributed by atoms with Crippen molar-refractivity contribution in [3.63, 3.8) is 0 Å². The molecule has 0 bridgehead atoms. The number of aromatic nitrogens is 4. The third-order valence-electron chi connectivity index (χ3n) is 5.82. The quantitative estimate of drug-likeness (QED) is 0.301. The highest BCUT2D eigenvalue weighted by Crippen LogP contribution is 2.38. The average molecular weight is 593 g/mol. The van der Waals surface area contributed by atoms with E-state index in [1.54, 1.807) is 31.2 Å². The van der Waals surface area contributed by atoms with Crippen LogP contribution in [0.5, 0.6) is 11.5 Å². The molecule has 2 atom stereocenters. The number of hydrogen-bond acceptors (Lipinski definition) is 6. The molecule has 4 rings (SSSR count). The standard InChI is InChI=1S/C24H19ClF6N4O5/c1-11(12-3-6-14(25)7-4-12)39-15-8-5-13(9-16(15)40-24(29,30)31)19-32-20-18(34(19)2)21(37)33-22(38)35(20)10-17(36)23(26,27)28/h3-9,11,17,36H,10H2,1-2H3,(H,33,37,38). The van der Waals surface area contributed by atoms with Gasteiger partial charge in [0.05, 0.1) is 6.54 Å². The number of benzene rings is 2. The number of rotatable bonds is 7. The van der Waals surface area contributed by atoms with Crippen LogP contribution >= 0.6 is 11.6 Å². The average Bonchev–Trinajstić information content (AvgIpc) is 3.19. The first-order chi connectivity index (χ1) is 18.5. The van der Waals surface area contributed by atoms with Crippen molar-refractivity contribution in [2.45, 2.75) is 38.2 Å². The van der Waals surface area contributed by atoms with E-state index >= 15 is 0 Å². The fourth-order valence-electron chi connectivity index (χ4n) is 3.89. The molecule has 2 aromatic carbocycles. The second-order valence-corrected chi connectivity index (χ2v) is 9.05. The first-order valence-corrected chi connectivity index (χ1v) is 11.7. The number of halogens is 7. The van der Waals surface area contributed by atoms with E-state index in [-0.39, 0.29) is 22.7 Å². The number of nitrogens with one attached hydrogen (secondary N) is 1. The summed E-state index contributed by atoms with van der Waals surface area (Å²) in [7, 11) is 1.27. The van der Waals surface area contributed by atoms with Gasteiger partial charge in [-0.2, -0.15) is 13.2 Å². The van der Waals surface area contributed by atoms with Gasteiger partial charge in [0.1, 0.15) is 11.9 Å². The molecular weight excluding hydrogens is 574 g/mol. The highest BCUT2D eigenvalue weighted by Gasteiger charge is 2.39. The molecule has 40 heavy (non-hydrogen) atoms. The van der Waals surface area contributed by atoms with Crippen LogP contribution in [0.2, 0.25) is 5.02 Å². The van der Waals surface area contributed by atoms with Crippen LogP contribution < -0.4 is 20.7 Å². The summed E-state index contributed by atoms with van der Waals surface area (Å²) < 4.78 is 90.0. The van der Waals surface area contributed by atoms with Crippen LogP contribution in [0, 0.1) is 0 Å². The van der Waals surface area contributed by atoms with Crippen LogP contribution in [-0.4, -0.2) is 42.9 Å². The third kappa shape index (κ3) is 6.09. The van der Waals surface area contributed by atoms with Crippen LogP contribution in [0.1, 0.15) is 18.6 Å². The molecule has 4 aromatic rings. The minimum atomic E-state index is -5.13. The van der Waals surface area contributed by atoms with Gasteiger partial charge in [-0.15, -0.1) is 13.2 Å². The van der Waals surface area contributed by atoms with Gasteiger partial charge in [0, 0.05) is 17.6 Å². The van der Waals surface area contributed by atoms with Gasteiger partial charge in [-0.1, -0.05) is 23.7 Å². The number of alkyl halides is 6. The Morgan fingerprint density at radius 3 is 2.30 bits per heavy atom. The van der Waals surface area contributed by atoms with Crippen LogP contribution in [0.4, 0.5) is 26.3 Å². The second-order valence-electron chi connectivity index (χ2n) is 8.61. The van der Waals surface area contributed by atoms with Crippen molar-refractivity contribution in [3.05, 3.63) is 73.9 Å². The predicted octanol–water partition coefficient (Wildman–Crippen LogP) is 4.71. The fraction of sp³-hybridized carbons (Fsp3) is 0.292. The number of hydrogen-bond donors (Lipinski definition) is 2. The van der Waals surface area contributed by atoms with Gasteiger partial charge in [-0.3, -0.25) is 14.3 Å². The molecule has 16 heteroatoms. The summed E-state index contributed by atoms with van der Waals surface area (Å²) in [5, 5.41) is 9.92. The monoisotopic (exact) mass is 592 g/mol. The lowest BCUT2D eigenvalue weighted by Gasteiger charge is -2.19. The molecule has 214 valence electrons. The predicted molar refractivity (Wildman–Crippen MR) is 130 cm³/mol. The Balaban J connectivity index is 1.81. The number of aromatic amines is 1. The van der Waals surface area contributed by atoms with Gasteiger partial charge in [0.2, 0.25) is 0 Å². The number of nitrogens with zero attached hydrogens (tertiary/aromatic N) is 3. The molecule has 0 aliphatic rings. The zero-order valence-corrected chi connectivity index (χ0v) is 21.2. The van der Waals surface area contributed by atoms with Crippen LogP contribution in [-0.2, 0) is 13.6 Å². The molecule has 2 heterocycles. The van der Waals surface area contributed by atoms with Crippen LogP contribution in [0.25, 0.3) is 22.6 Å². The van der Waals surface area contributed by atoms with Crippen molar-refractivity contribution in [2.75, 3.05) is 0 Å². The summed E-state index contributed by atoms with van der Waals surface area (Å²) in [6, 6.07) is 9.76. The topological polar surface area (TPSA) is 111 Å². The molecule has 9 nitrogen and oxygen atoms in total. The first kappa shape index (κ1) is 29.0. The molecule has 2 aromatic heterocycles. The summed E-state index contributed by atoms with van der Waals surface area (Å²) in [6.07, 6.45) is -13.9. The van der Waals surface area contributed by atoms with Crippen LogP contribution in [0.15, 0.2) is 52.1 Å². The number of fused-ring (bicyclic) bond motifs is 1. The van der Waals surface area contributed by atoms with E-state index in [0.717, 1.165) is 16.7 Å². The number of imidazole rings is 1. The van der Waals surface area contributed by atoms with E-state index in [1.165, 1.54) is 13.1 Å². The number of ether oxygens (including phenoxy) is 2. The SMILES string of the molecule is CC(Oc1ccc(-c2nc3c(c(=O)[nH]c(=O)n3CC(O)C(F)(F)F)n2C)cc1OC(F)(F)F)c1ccc(Cl)cc1. The number of aryl methyl sites for hydroxylation is 1. The Kier molecular flexibility index (Phi) is 7.64. The molecule has 0 aliphatic heterocycles. The molecule has 0 fully saturated rings. The molecule has 0 aliphatic carbocycles. The molecular formula is C24H19ClF6N4O5. The highest BCUT2D eigenvalue weighted by molar-refractivity contribution is 6.30. The molecule has 0 saturated carbocycles. The Morgan fingerprint density at radius 2 is 1.70 bits per heavy atom. The van der Waals surface area contributed by atoms with E-state index in [2.05, 4.69) is 9.72 Å². The zero-order chi connectivity index (χ0) is 29.6. The second kappa shape index (κ2) is 10.5. The third-order valence-corrected chi connectivity index (χ3v) is 6.07. The highest BCUT2D eigenvalue weighted by atomic mass is 35.5. The number of aliphatic hydroxyl groups excluding tert-OH is 1. The fourth-order valence-corrected chi connectivity index (χ4v) is 4.02. The lowest BCUT2D eigenvalue weighted by Crippen LogP contribution is -2.39. The van der Waals surface area contributed by atoms with Gasteiger partial charge >= 0.3 is 18.2 Å². The Morgan fingerprint density at radius 1 is 1.05 bits per heavy atom. The van der Waals surface area contributed by atoms with E-state index in [1.807, 2.05) is 4.98 Å². The maximum atomic E-state index is 13.3. The summed E-state index contributed by atoms with van der Waals surface area (Å²) in [5.74, 6) is -1.26. The van der Waals surface area contributed by atoms with Gasteiger partial charge in [0.15, 0.2) is 28.8 Å². The normalized spacial score (nSPS) is 13.8. The van der Waals surface area contributed by atoms with Gasteiger partial charge in [-0.25, -0.2) is 9.78 Å². The lowest BCUT2D eigenvalue weighted by molar-refractivity contribution is -0.275. The first-order valence-electron chi connectivity index (χ1n) is 11.3. The molecule has 2 unspecified atom stereocenters.